The van der Waals surface area contributed by atoms with Gasteiger partial charge in [-0.15, -0.1) is 0 Å². The van der Waals surface area contributed by atoms with E-state index in [0.29, 0.717) is 26.2 Å². The van der Waals surface area contributed by atoms with E-state index < -0.39 is 20.9 Å². The molecule has 0 unspecified atom stereocenters. The Kier molecular flexibility index (Phi) is 7.24. The number of nitrogens with zero attached hydrogens (tertiary/aromatic N) is 3. The minimum absolute atomic E-state index is 0.0628. The number of aryl methyl sites for hydroxylation is 1. The third-order valence-electron chi connectivity index (χ3n) is 5.18. The van der Waals surface area contributed by atoms with Crippen LogP contribution in [0.2, 0.25) is 0 Å². The van der Waals surface area contributed by atoms with Crippen LogP contribution in [-0.2, 0) is 10.0 Å². The smallest absolute Gasteiger partial charge is 0.270 e. The Morgan fingerprint density at radius 2 is 1.81 bits per heavy atom. The number of hydrogen-bond donors (Lipinski definition) is 1. The van der Waals surface area contributed by atoms with Crippen molar-refractivity contribution in [3.8, 4) is 0 Å². The lowest BCUT2D eigenvalue weighted by Crippen LogP contribution is -2.49. The van der Waals surface area contributed by atoms with E-state index in [4.69, 9.17) is 0 Å². The number of carbonyl (C=O) groups excluding carboxylic acids is 1. The van der Waals surface area contributed by atoms with Gasteiger partial charge in [0, 0.05) is 56.1 Å². The van der Waals surface area contributed by atoms with E-state index >= 15 is 0 Å². The van der Waals surface area contributed by atoms with Gasteiger partial charge in [0.15, 0.2) is 0 Å². The molecule has 1 amide bonds. The van der Waals surface area contributed by atoms with Crippen LogP contribution in [0.15, 0.2) is 48.5 Å². The van der Waals surface area contributed by atoms with Crippen LogP contribution in [0.3, 0.4) is 0 Å². The van der Waals surface area contributed by atoms with Gasteiger partial charge in [0.1, 0.15) is 0 Å². The molecule has 1 aliphatic rings. The Morgan fingerprint density at radius 1 is 1.10 bits per heavy atom. The summed E-state index contributed by atoms with van der Waals surface area (Å²) in [5.74, 6) is -0.528. The lowest BCUT2D eigenvalue weighted by atomic mass is 10.2. The summed E-state index contributed by atoms with van der Waals surface area (Å²) >= 11 is 0. The number of amides is 1. The van der Waals surface area contributed by atoms with Gasteiger partial charge in [0.2, 0.25) is 10.0 Å². The predicted molar refractivity (Wildman–Crippen MR) is 119 cm³/mol. The minimum Gasteiger partial charge on any atom is -0.369 e. The number of non-ortho nitro benzene ring substituents is 1. The molecule has 10 heteroatoms. The Balaban J connectivity index is 1.45. The van der Waals surface area contributed by atoms with Gasteiger partial charge >= 0.3 is 0 Å². The zero-order chi connectivity index (χ0) is 22.4. The van der Waals surface area contributed by atoms with Crippen molar-refractivity contribution in [1.82, 2.24) is 9.62 Å². The van der Waals surface area contributed by atoms with E-state index in [1.165, 1.54) is 34.1 Å². The SMILES string of the molecule is Cc1cccc(N2CCN(S(=O)(=O)CCCNC(=O)c3cccc([N+](=O)[O-])c3)CC2)c1. The quantitative estimate of drug-likeness (QED) is 0.378. The highest BCUT2D eigenvalue weighted by Crippen LogP contribution is 2.19. The molecule has 2 aromatic carbocycles. The number of benzene rings is 2. The van der Waals surface area contributed by atoms with E-state index in [1.54, 1.807) is 0 Å². The highest BCUT2D eigenvalue weighted by atomic mass is 32.2. The first-order chi connectivity index (χ1) is 14.8. The molecule has 2 aromatic rings. The first-order valence-electron chi connectivity index (χ1n) is 10.1. The van der Waals surface area contributed by atoms with Crippen LogP contribution < -0.4 is 10.2 Å². The summed E-state index contributed by atoms with van der Waals surface area (Å²) in [5, 5.41) is 13.4. The van der Waals surface area contributed by atoms with Gasteiger partial charge in [0.25, 0.3) is 11.6 Å². The summed E-state index contributed by atoms with van der Waals surface area (Å²) in [5.41, 5.74) is 2.27. The molecule has 0 spiro atoms. The molecule has 0 atom stereocenters. The molecule has 0 radical (unpaired) electrons. The molecule has 3 rings (SSSR count). The van der Waals surface area contributed by atoms with Crippen molar-refractivity contribution >= 4 is 27.3 Å². The summed E-state index contributed by atoms with van der Waals surface area (Å²) in [7, 11) is -3.41. The van der Waals surface area contributed by atoms with Gasteiger partial charge in [-0.05, 0) is 37.1 Å². The fourth-order valence-corrected chi connectivity index (χ4v) is 4.98. The molecule has 1 saturated heterocycles. The van der Waals surface area contributed by atoms with Gasteiger partial charge < -0.3 is 10.2 Å². The highest BCUT2D eigenvalue weighted by molar-refractivity contribution is 7.89. The topological polar surface area (TPSA) is 113 Å². The summed E-state index contributed by atoms with van der Waals surface area (Å²) in [6, 6.07) is 13.6. The van der Waals surface area contributed by atoms with Crippen LogP contribution in [0.25, 0.3) is 0 Å². The maximum Gasteiger partial charge on any atom is 0.270 e. The van der Waals surface area contributed by atoms with Crippen molar-refractivity contribution in [3.63, 3.8) is 0 Å². The standard InChI is InChI=1S/C21H26N4O5S/c1-17-5-2-7-19(15-17)23-10-12-24(13-11-23)31(29,30)14-4-9-22-21(26)18-6-3-8-20(16-18)25(27)28/h2-3,5-8,15-16H,4,9-14H2,1H3,(H,22,26). The Morgan fingerprint density at radius 3 is 2.48 bits per heavy atom. The summed E-state index contributed by atoms with van der Waals surface area (Å²) in [4.78, 5) is 24.6. The van der Waals surface area contributed by atoms with Gasteiger partial charge in [-0.25, -0.2) is 8.42 Å². The molecule has 9 nitrogen and oxygen atoms in total. The Labute approximate surface area is 181 Å². The molecule has 1 aliphatic heterocycles. The molecule has 1 fully saturated rings. The van der Waals surface area contributed by atoms with Crippen LogP contribution in [0.4, 0.5) is 11.4 Å². The minimum atomic E-state index is -3.41. The Bertz CT molecular complexity index is 1050. The molecule has 0 bridgehead atoms. The molecular weight excluding hydrogens is 420 g/mol. The van der Waals surface area contributed by atoms with E-state index in [2.05, 4.69) is 16.3 Å². The number of carbonyl (C=O) groups is 1. The van der Waals surface area contributed by atoms with Gasteiger partial charge in [-0.3, -0.25) is 14.9 Å². The number of hydrogen-bond acceptors (Lipinski definition) is 6. The lowest BCUT2D eigenvalue weighted by molar-refractivity contribution is -0.384. The van der Waals surface area contributed by atoms with Crippen molar-refractivity contribution in [1.29, 1.82) is 0 Å². The van der Waals surface area contributed by atoms with Crippen LogP contribution >= 0.6 is 0 Å². The highest BCUT2D eigenvalue weighted by Gasteiger charge is 2.26. The number of anilines is 1. The third kappa shape index (κ3) is 6.02. The van der Waals surface area contributed by atoms with Crippen molar-refractivity contribution in [2.45, 2.75) is 13.3 Å². The van der Waals surface area contributed by atoms with E-state index in [0.717, 1.165) is 5.69 Å². The number of nitro benzene ring substituents is 1. The average Bonchev–Trinajstić information content (AvgIpc) is 2.77. The molecule has 0 saturated carbocycles. The number of piperazine rings is 1. The predicted octanol–water partition coefficient (Wildman–Crippen LogP) is 2.18. The zero-order valence-corrected chi connectivity index (χ0v) is 18.2. The van der Waals surface area contributed by atoms with Crippen molar-refractivity contribution in [2.24, 2.45) is 0 Å². The molecule has 1 heterocycles. The zero-order valence-electron chi connectivity index (χ0n) is 17.4. The largest absolute Gasteiger partial charge is 0.369 e. The molecule has 1 N–H and O–H groups in total. The molecule has 166 valence electrons. The molecular formula is C21H26N4O5S. The summed E-state index contributed by atoms with van der Waals surface area (Å²) in [6.07, 6.45) is 0.265. The van der Waals surface area contributed by atoms with Crippen LogP contribution in [0, 0.1) is 17.0 Å². The molecule has 31 heavy (non-hydrogen) atoms. The fraction of sp³-hybridized carbons (Fsp3) is 0.381. The number of nitrogens with one attached hydrogen (secondary N) is 1. The summed E-state index contributed by atoms with van der Waals surface area (Å²) in [6.45, 7) is 4.32. The number of sulfonamides is 1. The Hall–Kier alpha value is -2.98. The van der Waals surface area contributed by atoms with Crippen LogP contribution in [0.1, 0.15) is 22.3 Å². The van der Waals surface area contributed by atoms with Crippen molar-refractivity contribution < 1.29 is 18.1 Å². The monoisotopic (exact) mass is 446 g/mol. The average molecular weight is 447 g/mol. The third-order valence-corrected chi connectivity index (χ3v) is 7.14. The van der Waals surface area contributed by atoms with E-state index in [-0.39, 0.29) is 30.0 Å². The van der Waals surface area contributed by atoms with Gasteiger partial charge in [-0.1, -0.05) is 18.2 Å². The van der Waals surface area contributed by atoms with Crippen LogP contribution in [-0.4, -0.2) is 62.0 Å². The summed E-state index contributed by atoms with van der Waals surface area (Å²) < 4.78 is 26.8. The van der Waals surface area contributed by atoms with Crippen LogP contribution in [0.5, 0.6) is 0 Å². The second kappa shape index (κ2) is 9.88. The normalized spacial score (nSPS) is 14.9. The van der Waals surface area contributed by atoms with Gasteiger partial charge in [-0.2, -0.15) is 4.31 Å². The first-order valence-corrected chi connectivity index (χ1v) is 11.7. The second-order valence-corrected chi connectivity index (χ2v) is 9.55. The number of rotatable bonds is 8. The van der Waals surface area contributed by atoms with Crippen molar-refractivity contribution in [3.05, 3.63) is 69.8 Å². The number of nitro groups is 1. The molecule has 0 aliphatic carbocycles. The second-order valence-electron chi connectivity index (χ2n) is 7.46. The van der Waals surface area contributed by atoms with Crippen molar-refractivity contribution in [2.75, 3.05) is 43.4 Å². The van der Waals surface area contributed by atoms with E-state index in [1.807, 2.05) is 25.1 Å². The maximum atomic E-state index is 12.6. The maximum absolute atomic E-state index is 12.6. The first kappa shape index (κ1) is 22.7. The molecule has 0 aromatic heterocycles. The fourth-order valence-electron chi connectivity index (χ4n) is 3.50. The lowest BCUT2D eigenvalue weighted by Gasteiger charge is -2.35. The van der Waals surface area contributed by atoms with Gasteiger partial charge in [0.05, 0.1) is 10.7 Å². The van der Waals surface area contributed by atoms with E-state index in [9.17, 15) is 23.3 Å².